The van der Waals surface area contributed by atoms with E-state index in [-0.39, 0.29) is 5.91 Å². The third kappa shape index (κ3) is 2.24. The predicted molar refractivity (Wildman–Crippen MR) is 77.5 cm³/mol. The Morgan fingerprint density at radius 1 is 1.41 bits per heavy atom. The topological polar surface area (TPSA) is 33.2 Å². The minimum Gasteiger partial charge on any atom is -0.345 e. The molecule has 0 saturated carbocycles. The Labute approximate surface area is 118 Å². The average molecular weight is 361 g/mol. The van der Waals surface area contributed by atoms with Gasteiger partial charge in [-0.25, -0.2) is 0 Å². The summed E-state index contributed by atoms with van der Waals surface area (Å²) in [6, 6.07) is 5.74. The van der Waals surface area contributed by atoms with E-state index in [9.17, 15) is 4.79 Å². The second-order valence-corrected chi connectivity index (χ2v) is 5.36. The van der Waals surface area contributed by atoms with Gasteiger partial charge < -0.3 is 4.90 Å². The highest BCUT2D eigenvalue weighted by Crippen LogP contribution is 2.28. The zero-order valence-electron chi connectivity index (χ0n) is 9.37. The Balaban J connectivity index is 2.71. The number of halogens is 2. The van der Waals surface area contributed by atoms with Gasteiger partial charge in [-0.2, -0.15) is 0 Å². The highest BCUT2D eigenvalue weighted by Gasteiger charge is 2.16. The van der Waals surface area contributed by atoms with Crippen molar-refractivity contribution in [3.63, 3.8) is 0 Å². The molecule has 5 heteroatoms. The number of fused-ring (bicyclic) bond motifs is 1. The third-order valence-corrected chi connectivity index (χ3v) is 3.70. The van der Waals surface area contributed by atoms with E-state index < -0.39 is 0 Å². The number of hydrogen-bond donors (Lipinski definition) is 0. The predicted octanol–water partition coefficient (Wildman–Crippen LogP) is 3.19. The van der Waals surface area contributed by atoms with Gasteiger partial charge in [0.05, 0.1) is 16.1 Å². The Kier molecular flexibility index (Phi) is 3.53. The van der Waals surface area contributed by atoms with E-state index in [1.165, 1.54) is 11.1 Å². The van der Waals surface area contributed by atoms with E-state index in [2.05, 4.69) is 27.6 Å². The van der Waals surface area contributed by atoms with Crippen LogP contribution in [0.5, 0.6) is 0 Å². The van der Waals surface area contributed by atoms with Gasteiger partial charge in [-0.3, -0.25) is 9.78 Å². The number of nitrogens with zero attached hydrogens (tertiary/aromatic N) is 2. The first-order valence-electron chi connectivity index (χ1n) is 4.96. The molecule has 0 aliphatic rings. The number of carbonyl (C=O) groups excluding carboxylic acids is 1. The summed E-state index contributed by atoms with van der Waals surface area (Å²) in [5, 5.41) is 1.28. The molecule has 3 nitrogen and oxygen atoms in total. The van der Waals surface area contributed by atoms with Crippen molar-refractivity contribution in [2.45, 2.75) is 0 Å². The molecule has 0 aliphatic carbocycles. The molecule has 2 rings (SSSR count). The fourth-order valence-electron chi connectivity index (χ4n) is 1.54. The largest absolute Gasteiger partial charge is 0.345 e. The SMILES string of the molecule is CN(C)C(=O)c1cnc2c(I)cccc2c1Cl. The summed E-state index contributed by atoms with van der Waals surface area (Å²) < 4.78 is 1.02. The smallest absolute Gasteiger partial charge is 0.256 e. The van der Waals surface area contributed by atoms with Crippen LogP contribution in [0.3, 0.4) is 0 Å². The van der Waals surface area contributed by atoms with Gasteiger partial charge in [0, 0.05) is 29.2 Å². The Hall–Kier alpha value is -0.880. The van der Waals surface area contributed by atoms with Gasteiger partial charge >= 0.3 is 0 Å². The van der Waals surface area contributed by atoms with Crippen LogP contribution in [0.2, 0.25) is 5.02 Å². The molecule has 0 atom stereocenters. The van der Waals surface area contributed by atoms with Crippen LogP contribution in [0.1, 0.15) is 10.4 Å². The minimum absolute atomic E-state index is 0.136. The lowest BCUT2D eigenvalue weighted by atomic mass is 10.1. The zero-order chi connectivity index (χ0) is 12.6. The highest BCUT2D eigenvalue weighted by molar-refractivity contribution is 14.1. The van der Waals surface area contributed by atoms with Crippen molar-refractivity contribution < 1.29 is 4.79 Å². The lowest BCUT2D eigenvalue weighted by molar-refractivity contribution is 0.0827. The number of benzene rings is 1. The number of amides is 1. The van der Waals surface area contributed by atoms with Gasteiger partial charge in [-0.1, -0.05) is 23.7 Å². The minimum atomic E-state index is -0.136. The van der Waals surface area contributed by atoms with Crippen molar-refractivity contribution >= 4 is 51.0 Å². The van der Waals surface area contributed by atoms with Crippen LogP contribution < -0.4 is 0 Å². The lowest BCUT2D eigenvalue weighted by Gasteiger charge is -2.12. The first kappa shape index (κ1) is 12.6. The van der Waals surface area contributed by atoms with Crippen LogP contribution in [0.25, 0.3) is 10.9 Å². The van der Waals surface area contributed by atoms with Gasteiger partial charge in [0.2, 0.25) is 0 Å². The molecule has 1 heterocycles. The fraction of sp³-hybridized carbons (Fsp3) is 0.167. The normalized spacial score (nSPS) is 10.6. The monoisotopic (exact) mass is 360 g/mol. The zero-order valence-corrected chi connectivity index (χ0v) is 12.3. The maximum atomic E-state index is 11.9. The molecule has 0 bridgehead atoms. The standard InChI is InChI=1S/C12H10ClIN2O/c1-16(2)12(17)8-6-15-11-7(10(8)13)4-3-5-9(11)14/h3-6H,1-2H3. The van der Waals surface area contributed by atoms with Gasteiger partial charge in [-0.05, 0) is 28.7 Å². The first-order chi connectivity index (χ1) is 8.02. The summed E-state index contributed by atoms with van der Waals surface area (Å²) in [5.41, 5.74) is 1.26. The molecule has 0 saturated heterocycles. The third-order valence-electron chi connectivity index (χ3n) is 2.42. The second-order valence-electron chi connectivity index (χ2n) is 3.82. The maximum Gasteiger partial charge on any atom is 0.256 e. The molecule has 0 spiro atoms. The average Bonchev–Trinajstić information content (AvgIpc) is 2.30. The molecule has 0 radical (unpaired) electrons. The molecule has 88 valence electrons. The second kappa shape index (κ2) is 4.78. The molecular formula is C12H10ClIN2O. The lowest BCUT2D eigenvalue weighted by Crippen LogP contribution is -2.22. The number of pyridine rings is 1. The molecule has 0 aliphatic heterocycles. The molecule has 17 heavy (non-hydrogen) atoms. The van der Waals surface area contributed by atoms with Crippen LogP contribution in [-0.4, -0.2) is 29.9 Å². The molecule has 0 unspecified atom stereocenters. The van der Waals surface area contributed by atoms with E-state index >= 15 is 0 Å². The van der Waals surface area contributed by atoms with Crippen LogP contribution in [0.4, 0.5) is 0 Å². The van der Waals surface area contributed by atoms with E-state index in [4.69, 9.17) is 11.6 Å². The Morgan fingerprint density at radius 3 is 2.76 bits per heavy atom. The number of para-hydroxylation sites is 1. The molecule has 2 aromatic rings. The Morgan fingerprint density at radius 2 is 2.12 bits per heavy atom. The number of rotatable bonds is 1. The van der Waals surface area contributed by atoms with Gasteiger partial charge in [0.25, 0.3) is 5.91 Å². The summed E-state index contributed by atoms with van der Waals surface area (Å²) >= 11 is 8.46. The first-order valence-corrected chi connectivity index (χ1v) is 6.42. The van der Waals surface area contributed by atoms with Crippen LogP contribution in [0.15, 0.2) is 24.4 Å². The highest BCUT2D eigenvalue weighted by atomic mass is 127. The van der Waals surface area contributed by atoms with Gasteiger partial charge in [-0.15, -0.1) is 0 Å². The summed E-state index contributed by atoms with van der Waals surface area (Å²) in [5.74, 6) is -0.136. The van der Waals surface area contributed by atoms with E-state index in [0.717, 1.165) is 14.5 Å². The van der Waals surface area contributed by atoms with Crippen molar-refractivity contribution in [3.8, 4) is 0 Å². The molecule has 0 fully saturated rings. The van der Waals surface area contributed by atoms with Crippen molar-refractivity contribution in [2.75, 3.05) is 14.1 Å². The molecular weight excluding hydrogens is 351 g/mol. The van der Waals surface area contributed by atoms with Gasteiger partial charge in [0.1, 0.15) is 0 Å². The summed E-state index contributed by atoms with van der Waals surface area (Å²) in [7, 11) is 3.38. The van der Waals surface area contributed by atoms with E-state index in [1.807, 2.05) is 18.2 Å². The fourth-order valence-corrected chi connectivity index (χ4v) is 2.46. The molecule has 1 aromatic carbocycles. The van der Waals surface area contributed by atoms with Crippen molar-refractivity contribution in [2.24, 2.45) is 0 Å². The van der Waals surface area contributed by atoms with E-state index in [0.29, 0.717) is 10.6 Å². The van der Waals surface area contributed by atoms with Crippen LogP contribution >= 0.6 is 34.2 Å². The molecule has 1 aromatic heterocycles. The van der Waals surface area contributed by atoms with Gasteiger partial charge in [0.15, 0.2) is 0 Å². The van der Waals surface area contributed by atoms with Crippen molar-refractivity contribution in [3.05, 3.63) is 38.6 Å². The number of aromatic nitrogens is 1. The summed E-state index contributed by atoms with van der Waals surface area (Å²) in [4.78, 5) is 17.7. The van der Waals surface area contributed by atoms with Crippen LogP contribution in [-0.2, 0) is 0 Å². The van der Waals surface area contributed by atoms with Crippen LogP contribution in [0, 0.1) is 3.57 Å². The quantitative estimate of drug-likeness (QED) is 0.732. The number of carbonyl (C=O) groups is 1. The summed E-state index contributed by atoms with van der Waals surface area (Å²) in [6.07, 6.45) is 1.54. The van der Waals surface area contributed by atoms with Crippen molar-refractivity contribution in [1.82, 2.24) is 9.88 Å². The Bertz CT molecular complexity index is 598. The van der Waals surface area contributed by atoms with E-state index in [1.54, 1.807) is 14.1 Å². The molecule has 1 amide bonds. The number of hydrogen-bond acceptors (Lipinski definition) is 2. The van der Waals surface area contributed by atoms with Crippen molar-refractivity contribution in [1.29, 1.82) is 0 Å². The summed E-state index contributed by atoms with van der Waals surface area (Å²) in [6.45, 7) is 0. The maximum absolute atomic E-state index is 11.9. The molecule has 0 N–H and O–H groups in total.